The van der Waals surface area contributed by atoms with Gasteiger partial charge in [-0.25, -0.2) is 0 Å². The van der Waals surface area contributed by atoms with E-state index < -0.39 is 0 Å². The van der Waals surface area contributed by atoms with Crippen LogP contribution >= 0.6 is 11.6 Å². The van der Waals surface area contributed by atoms with Gasteiger partial charge in [0, 0.05) is 30.3 Å². The summed E-state index contributed by atoms with van der Waals surface area (Å²) in [6, 6.07) is 5.81. The summed E-state index contributed by atoms with van der Waals surface area (Å²) in [7, 11) is 1.91. The van der Waals surface area contributed by atoms with E-state index in [1.54, 1.807) is 0 Å². The molecule has 18 heavy (non-hydrogen) atoms. The molecule has 0 amide bonds. The summed E-state index contributed by atoms with van der Waals surface area (Å²) < 4.78 is 11.3. The zero-order valence-electron chi connectivity index (χ0n) is 10.7. The van der Waals surface area contributed by atoms with Crippen molar-refractivity contribution in [2.45, 2.75) is 19.4 Å². The van der Waals surface area contributed by atoms with Crippen molar-refractivity contribution in [3.8, 4) is 5.75 Å². The number of nitrogens with one attached hydrogen (secondary N) is 1. The quantitative estimate of drug-likeness (QED) is 0.892. The minimum Gasteiger partial charge on any atom is -0.493 e. The Morgan fingerprint density at radius 1 is 1.39 bits per heavy atom. The van der Waals surface area contributed by atoms with Crippen LogP contribution < -0.4 is 10.1 Å². The molecule has 0 atom stereocenters. The van der Waals surface area contributed by atoms with Gasteiger partial charge in [-0.15, -0.1) is 0 Å². The predicted octanol–water partition coefficient (Wildman–Crippen LogP) is 2.86. The lowest BCUT2D eigenvalue weighted by atomic mass is 10.0. The summed E-state index contributed by atoms with van der Waals surface area (Å²) >= 11 is 6.19. The Morgan fingerprint density at radius 3 is 2.89 bits per heavy atom. The summed E-state index contributed by atoms with van der Waals surface area (Å²) in [5.74, 6) is 1.49. The Kier molecular flexibility index (Phi) is 5.29. The van der Waals surface area contributed by atoms with Crippen LogP contribution in [0.25, 0.3) is 0 Å². The average molecular weight is 270 g/mol. The zero-order valence-corrected chi connectivity index (χ0v) is 11.5. The Morgan fingerprint density at radius 2 is 2.17 bits per heavy atom. The summed E-state index contributed by atoms with van der Waals surface area (Å²) in [5.41, 5.74) is 1.04. The molecule has 0 aliphatic carbocycles. The predicted molar refractivity (Wildman–Crippen MR) is 73.3 cm³/mol. The van der Waals surface area contributed by atoms with E-state index in [2.05, 4.69) is 5.32 Å². The van der Waals surface area contributed by atoms with Gasteiger partial charge in [-0.05, 0) is 37.9 Å². The van der Waals surface area contributed by atoms with Crippen LogP contribution in [0.15, 0.2) is 18.2 Å². The number of hydrogen-bond acceptors (Lipinski definition) is 3. The fourth-order valence-corrected chi connectivity index (χ4v) is 2.38. The molecule has 0 radical (unpaired) electrons. The molecule has 0 aromatic heterocycles. The normalized spacial score (nSPS) is 16.8. The SMILES string of the molecule is CNCc1c(Cl)cccc1OCC1CCOCC1. The second-order valence-corrected chi connectivity index (χ2v) is 5.02. The lowest BCUT2D eigenvalue weighted by Gasteiger charge is -2.23. The first-order valence-electron chi connectivity index (χ1n) is 6.44. The average Bonchev–Trinajstić information content (AvgIpc) is 2.41. The van der Waals surface area contributed by atoms with E-state index in [0.717, 1.165) is 55.5 Å². The fourth-order valence-electron chi connectivity index (χ4n) is 2.14. The first kappa shape index (κ1) is 13.7. The topological polar surface area (TPSA) is 30.5 Å². The van der Waals surface area contributed by atoms with Gasteiger partial charge in [0.25, 0.3) is 0 Å². The third-order valence-electron chi connectivity index (χ3n) is 3.24. The maximum Gasteiger partial charge on any atom is 0.125 e. The van der Waals surface area contributed by atoms with E-state index in [4.69, 9.17) is 21.1 Å². The second kappa shape index (κ2) is 6.98. The van der Waals surface area contributed by atoms with Gasteiger partial charge >= 0.3 is 0 Å². The van der Waals surface area contributed by atoms with Gasteiger partial charge in [0.2, 0.25) is 0 Å². The molecule has 0 saturated carbocycles. The Hall–Kier alpha value is -0.770. The maximum absolute atomic E-state index is 6.19. The largest absolute Gasteiger partial charge is 0.493 e. The number of halogens is 1. The molecule has 100 valence electrons. The molecule has 2 rings (SSSR count). The fraction of sp³-hybridized carbons (Fsp3) is 0.571. The molecule has 1 aromatic carbocycles. The molecule has 3 nitrogen and oxygen atoms in total. The number of ether oxygens (including phenoxy) is 2. The van der Waals surface area contributed by atoms with E-state index in [0.29, 0.717) is 5.92 Å². The molecule has 1 aliphatic heterocycles. The number of benzene rings is 1. The molecule has 0 unspecified atom stereocenters. The molecule has 1 fully saturated rings. The van der Waals surface area contributed by atoms with E-state index in [1.165, 1.54) is 0 Å². The number of rotatable bonds is 5. The first-order chi connectivity index (χ1) is 8.81. The molecule has 4 heteroatoms. The van der Waals surface area contributed by atoms with E-state index in [-0.39, 0.29) is 0 Å². The minimum absolute atomic E-state index is 0.597. The summed E-state index contributed by atoms with van der Waals surface area (Å²) in [6.45, 7) is 3.18. The maximum atomic E-state index is 6.19. The highest BCUT2D eigenvalue weighted by molar-refractivity contribution is 6.31. The van der Waals surface area contributed by atoms with E-state index >= 15 is 0 Å². The second-order valence-electron chi connectivity index (χ2n) is 4.61. The third kappa shape index (κ3) is 3.61. The van der Waals surface area contributed by atoms with Crippen LogP contribution in [0.4, 0.5) is 0 Å². The third-order valence-corrected chi connectivity index (χ3v) is 3.60. The molecule has 1 aromatic rings. The van der Waals surface area contributed by atoms with Crippen LogP contribution in [0.3, 0.4) is 0 Å². The summed E-state index contributed by atoms with van der Waals surface area (Å²) in [4.78, 5) is 0. The zero-order chi connectivity index (χ0) is 12.8. The first-order valence-corrected chi connectivity index (χ1v) is 6.81. The van der Waals surface area contributed by atoms with Gasteiger partial charge in [-0.1, -0.05) is 17.7 Å². The van der Waals surface area contributed by atoms with Crippen molar-refractivity contribution < 1.29 is 9.47 Å². The van der Waals surface area contributed by atoms with Crippen molar-refractivity contribution in [2.24, 2.45) is 5.92 Å². The van der Waals surface area contributed by atoms with Crippen molar-refractivity contribution in [1.82, 2.24) is 5.32 Å². The molecular formula is C14H20ClNO2. The number of hydrogen-bond donors (Lipinski definition) is 1. The highest BCUT2D eigenvalue weighted by atomic mass is 35.5. The molecule has 0 bridgehead atoms. The lowest BCUT2D eigenvalue weighted by molar-refractivity contribution is 0.0496. The van der Waals surface area contributed by atoms with Crippen molar-refractivity contribution in [3.63, 3.8) is 0 Å². The van der Waals surface area contributed by atoms with Crippen molar-refractivity contribution in [1.29, 1.82) is 0 Å². The molecule has 1 aliphatic rings. The smallest absolute Gasteiger partial charge is 0.125 e. The lowest BCUT2D eigenvalue weighted by Crippen LogP contribution is -2.22. The van der Waals surface area contributed by atoms with Crippen LogP contribution in [-0.2, 0) is 11.3 Å². The van der Waals surface area contributed by atoms with Crippen molar-refractivity contribution in [3.05, 3.63) is 28.8 Å². The van der Waals surface area contributed by atoms with Crippen LogP contribution in [0.1, 0.15) is 18.4 Å². The van der Waals surface area contributed by atoms with Gasteiger partial charge in [-0.3, -0.25) is 0 Å². The van der Waals surface area contributed by atoms with E-state index in [9.17, 15) is 0 Å². The highest BCUT2D eigenvalue weighted by Crippen LogP contribution is 2.27. The Bertz CT molecular complexity index is 378. The van der Waals surface area contributed by atoms with Crippen LogP contribution in [0, 0.1) is 5.92 Å². The van der Waals surface area contributed by atoms with E-state index in [1.807, 2.05) is 25.2 Å². The molecule has 1 N–H and O–H groups in total. The highest BCUT2D eigenvalue weighted by Gasteiger charge is 2.15. The Labute approximate surface area is 113 Å². The van der Waals surface area contributed by atoms with Gasteiger partial charge in [-0.2, -0.15) is 0 Å². The van der Waals surface area contributed by atoms with Crippen LogP contribution in [0.5, 0.6) is 5.75 Å². The molecule has 1 heterocycles. The standard InChI is InChI=1S/C14H20ClNO2/c1-16-9-12-13(15)3-2-4-14(12)18-10-11-5-7-17-8-6-11/h2-4,11,16H,5-10H2,1H3. The monoisotopic (exact) mass is 269 g/mol. The van der Waals surface area contributed by atoms with Gasteiger partial charge in [0.1, 0.15) is 5.75 Å². The molecule has 1 saturated heterocycles. The van der Waals surface area contributed by atoms with Gasteiger partial charge < -0.3 is 14.8 Å². The van der Waals surface area contributed by atoms with Crippen LogP contribution in [0.2, 0.25) is 5.02 Å². The van der Waals surface area contributed by atoms with Gasteiger partial charge in [0.05, 0.1) is 6.61 Å². The summed E-state index contributed by atoms with van der Waals surface area (Å²) in [6.07, 6.45) is 2.17. The Balaban J connectivity index is 1.97. The van der Waals surface area contributed by atoms with Gasteiger partial charge in [0.15, 0.2) is 0 Å². The molecule has 0 spiro atoms. The summed E-state index contributed by atoms with van der Waals surface area (Å²) in [5, 5.41) is 3.88. The van der Waals surface area contributed by atoms with Crippen molar-refractivity contribution in [2.75, 3.05) is 26.9 Å². The van der Waals surface area contributed by atoms with Crippen molar-refractivity contribution >= 4 is 11.6 Å². The van der Waals surface area contributed by atoms with Crippen LogP contribution in [-0.4, -0.2) is 26.9 Å². The minimum atomic E-state index is 0.597. The molecular weight excluding hydrogens is 250 g/mol.